The Morgan fingerprint density at radius 2 is 0.867 bits per heavy atom. The molecule has 0 aliphatic heterocycles. The molecule has 0 aromatic carbocycles. The van der Waals surface area contributed by atoms with Crippen molar-refractivity contribution in [1.29, 1.82) is 0 Å². The Kier molecular flexibility index (Phi) is 22.4. The van der Waals surface area contributed by atoms with E-state index in [1.807, 2.05) is 12.2 Å². The van der Waals surface area contributed by atoms with Gasteiger partial charge in [-0.05, 0) is 37.8 Å². The van der Waals surface area contributed by atoms with Crippen LogP contribution in [0.15, 0.2) is 24.7 Å². The van der Waals surface area contributed by atoms with Crippen molar-refractivity contribution >= 4 is 11.9 Å². The molecule has 0 spiro atoms. The molecule has 0 radical (unpaired) electrons. The molecule has 174 valence electrons. The Morgan fingerprint density at radius 3 is 1.23 bits per heavy atom. The van der Waals surface area contributed by atoms with Gasteiger partial charge in [0.1, 0.15) is 0 Å². The molecule has 0 aliphatic rings. The summed E-state index contributed by atoms with van der Waals surface area (Å²) in [5, 5.41) is 0. The predicted octanol–water partition coefficient (Wildman–Crippen LogP) is 8.16. The normalized spacial score (nSPS) is 11.4. The summed E-state index contributed by atoms with van der Waals surface area (Å²) in [7, 11) is 0. The lowest BCUT2D eigenvalue weighted by Crippen LogP contribution is -2.06. The van der Waals surface area contributed by atoms with Gasteiger partial charge in [0.2, 0.25) is 0 Å². The van der Waals surface area contributed by atoms with Gasteiger partial charge in [0, 0.05) is 0 Å². The van der Waals surface area contributed by atoms with E-state index in [1.54, 1.807) is 0 Å². The molecule has 0 saturated carbocycles. The first-order valence-corrected chi connectivity index (χ1v) is 12.4. The molecule has 0 bridgehead atoms. The maximum Gasteiger partial charge on any atom is 0.311 e. The zero-order valence-corrected chi connectivity index (χ0v) is 19.7. The van der Waals surface area contributed by atoms with Gasteiger partial charge >= 0.3 is 11.9 Å². The van der Waals surface area contributed by atoms with Gasteiger partial charge in [-0.15, -0.1) is 0 Å². The molecular formula is C26H46O4. The van der Waals surface area contributed by atoms with E-state index in [0.29, 0.717) is 0 Å². The van der Waals surface area contributed by atoms with Crippen molar-refractivity contribution in [2.24, 2.45) is 0 Å². The molecule has 0 aromatic heterocycles. The van der Waals surface area contributed by atoms with Crippen LogP contribution in [0.2, 0.25) is 0 Å². The molecule has 4 heteroatoms. The van der Waals surface area contributed by atoms with E-state index < -0.39 is 11.9 Å². The van der Waals surface area contributed by atoms with Gasteiger partial charge in [-0.1, -0.05) is 90.9 Å². The van der Waals surface area contributed by atoms with E-state index in [1.165, 1.54) is 89.6 Å². The van der Waals surface area contributed by atoms with E-state index in [2.05, 4.69) is 13.8 Å². The van der Waals surface area contributed by atoms with Crippen LogP contribution in [0.25, 0.3) is 0 Å². The highest BCUT2D eigenvalue weighted by Crippen LogP contribution is 2.10. The average Bonchev–Trinajstić information content (AvgIpc) is 2.75. The number of rotatable bonds is 21. The highest BCUT2D eigenvalue weighted by atomic mass is 16.5. The number of allylic oxidation sites excluding steroid dienone is 2. The van der Waals surface area contributed by atoms with Crippen LogP contribution in [0, 0.1) is 0 Å². The minimum atomic E-state index is -0.394. The fraction of sp³-hybridized carbons (Fsp3) is 0.769. The van der Waals surface area contributed by atoms with Crippen molar-refractivity contribution in [2.75, 3.05) is 0 Å². The van der Waals surface area contributed by atoms with Crippen LogP contribution in [0.4, 0.5) is 0 Å². The number of carbonyl (C=O) groups is 2. The predicted molar refractivity (Wildman–Crippen MR) is 125 cm³/mol. The van der Waals surface area contributed by atoms with E-state index in [4.69, 9.17) is 9.47 Å². The Morgan fingerprint density at radius 1 is 0.533 bits per heavy atom. The molecule has 0 N–H and O–H groups in total. The van der Waals surface area contributed by atoms with Crippen LogP contribution in [0.3, 0.4) is 0 Å². The quantitative estimate of drug-likeness (QED) is 0.106. The van der Waals surface area contributed by atoms with Crippen molar-refractivity contribution in [2.45, 2.75) is 129 Å². The van der Waals surface area contributed by atoms with E-state index in [-0.39, 0.29) is 12.8 Å². The molecule has 0 saturated heterocycles. The van der Waals surface area contributed by atoms with Gasteiger partial charge in [0.25, 0.3) is 0 Å². The Balaban J connectivity index is 3.49. The molecule has 0 aromatic rings. The Hall–Kier alpha value is -1.58. The first-order chi connectivity index (χ1) is 14.7. The summed E-state index contributed by atoms with van der Waals surface area (Å²) in [6.45, 7) is 4.45. The molecule has 0 amide bonds. The fourth-order valence-electron chi connectivity index (χ4n) is 3.14. The summed E-state index contributed by atoms with van der Waals surface area (Å²) in [6, 6.07) is 0. The zero-order valence-electron chi connectivity index (χ0n) is 19.7. The third-order valence-electron chi connectivity index (χ3n) is 5.07. The Bertz CT molecular complexity index is 412. The topological polar surface area (TPSA) is 52.6 Å². The fourth-order valence-corrected chi connectivity index (χ4v) is 3.14. The minimum absolute atomic E-state index is 0.0478. The van der Waals surface area contributed by atoms with Crippen molar-refractivity contribution < 1.29 is 19.1 Å². The third-order valence-corrected chi connectivity index (χ3v) is 5.07. The van der Waals surface area contributed by atoms with E-state index >= 15 is 0 Å². The largest absolute Gasteiger partial charge is 0.435 e. The maximum absolute atomic E-state index is 11.6. The van der Waals surface area contributed by atoms with Gasteiger partial charge in [-0.25, -0.2) is 0 Å². The molecule has 0 unspecified atom stereocenters. The number of unbranched alkanes of at least 4 members (excludes halogenated alkanes) is 14. The average molecular weight is 423 g/mol. The number of esters is 2. The van der Waals surface area contributed by atoms with E-state index in [9.17, 15) is 9.59 Å². The number of hydrogen-bond donors (Lipinski definition) is 0. The third kappa shape index (κ3) is 22.7. The van der Waals surface area contributed by atoms with Crippen LogP contribution in [-0.2, 0) is 19.1 Å². The standard InChI is InChI=1S/C26H46O4/c1-3-5-7-9-11-13-15-17-19-23-29-25(27)21-22-26(28)30-24-20-18-16-14-12-10-8-6-4-2/h19-20,23-24H,3-18,21-22H2,1-2H3. The summed E-state index contributed by atoms with van der Waals surface area (Å²) >= 11 is 0. The maximum atomic E-state index is 11.6. The highest BCUT2D eigenvalue weighted by Gasteiger charge is 2.07. The van der Waals surface area contributed by atoms with Crippen LogP contribution in [-0.4, -0.2) is 11.9 Å². The van der Waals surface area contributed by atoms with Crippen molar-refractivity contribution in [1.82, 2.24) is 0 Å². The van der Waals surface area contributed by atoms with Crippen LogP contribution < -0.4 is 0 Å². The van der Waals surface area contributed by atoms with Gasteiger partial charge in [0.05, 0.1) is 25.4 Å². The lowest BCUT2D eigenvalue weighted by Gasteiger charge is -2.01. The summed E-state index contributed by atoms with van der Waals surface area (Å²) in [5.74, 6) is -0.787. The summed E-state index contributed by atoms with van der Waals surface area (Å²) in [5.41, 5.74) is 0. The summed E-state index contributed by atoms with van der Waals surface area (Å²) < 4.78 is 10.0. The lowest BCUT2D eigenvalue weighted by atomic mass is 10.1. The molecular weight excluding hydrogens is 376 g/mol. The number of ether oxygens (including phenoxy) is 2. The van der Waals surface area contributed by atoms with Crippen LogP contribution >= 0.6 is 0 Å². The molecule has 0 rings (SSSR count). The van der Waals surface area contributed by atoms with Crippen LogP contribution in [0.5, 0.6) is 0 Å². The van der Waals surface area contributed by atoms with Gasteiger partial charge in [0.15, 0.2) is 0 Å². The molecule has 0 fully saturated rings. The Labute approximate surface area is 185 Å². The molecule has 0 aliphatic carbocycles. The van der Waals surface area contributed by atoms with Crippen molar-refractivity contribution in [3.63, 3.8) is 0 Å². The van der Waals surface area contributed by atoms with Gasteiger partial charge in [-0.2, -0.15) is 0 Å². The smallest absolute Gasteiger partial charge is 0.311 e. The van der Waals surface area contributed by atoms with Crippen molar-refractivity contribution in [3.05, 3.63) is 24.7 Å². The molecule has 0 heterocycles. The second kappa shape index (κ2) is 23.7. The second-order valence-corrected chi connectivity index (χ2v) is 8.04. The molecule has 30 heavy (non-hydrogen) atoms. The lowest BCUT2D eigenvalue weighted by molar-refractivity contribution is -0.144. The molecule has 4 nitrogen and oxygen atoms in total. The van der Waals surface area contributed by atoms with Gasteiger partial charge < -0.3 is 9.47 Å². The monoisotopic (exact) mass is 422 g/mol. The first-order valence-electron chi connectivity index (χ1n) is 12.4. The second-order valence-electron chi connectivity index (χ2n) is 8.04. The zero-order chi connectivity index (χ0) is 22.1. The summed E-state index contributed by atoms with van der Waals surface area (Å²) in [4.78, 5) is 23.3. The van der Waals surface area contributed by atoms with Gasteiger partial charge in [-0.3, -0.25) is 9.59 Å². The number of carbonyl (C=O) groups excluding carboxylic acids is 2. The SMILES string of the molecule is CCCCCCCCCC=COC(=O)CCC(=O)OC=CCCCCCCCCC. The number of hydrogen-bond acceptors (Lipinski definition) is 4. The van der Waals surface area contributed by atoms with Crippen LogP contribution in [0.1, 0.15) is 129 Å². The highest BCUT2D eigenvalue weighted by molar-refractivity contribution is 5.78. The van der Waals surface area contributed by atoms with Crippen molar-refractivity contribution in [3.8, 4) is 0 Å². The molecule has 0 atom stereocenters. The minimum Gasteiger partial charge on any atom is -0.435 e. The summed E-state index contributed by atoms with van der Waals surface area (Å²) in [6.07, 6.45) is 26.4. The first kappa shape index (κ1) is 28.4. The van der Waals surface area contributed by atoms with E-state index in [0.717, 1.165) is 25.7 Å².